The van der Waals surface area contributed by atoms with E-state index in [1.165, 1.54) is 17.4 Å². The van der Waals surface area contributed by atoms with Gasteiger partial charge < -0.3 is 15.4 Å². The van der Waals surface area contributed by atoms with E-state index >= 15 is 0 Å². The fraction of sp³-hybridized carbons (Fsp3) is 0.267. The van der Waals surface area contributed by atoms with Crippen LogP contribution in [0.5, 0.6) is 0 Å². The molecule has 22 heavy (non-hydrogen) atoms. The monoisotopic (exact) mass is 320 g/mol. The molecule has 6 nitrogen and oxygen atoms in total. The summed E-state index contributed by atoms with van der Waals surface area (Å²) in [6.45, 7) is 5.38. The summed E-state index contributed by atoms with van der Waals surface area (Å²) in [5.74, 6) is -1.71. The Morgan fingerprint density at radius 1 is 1.32 bits per heavy atom. The van der Waals surface area contributed by atoms with Crippen LogP contribution >= 0.6 is 11.3 Å². The first-order valence-corrected chi connectivity index (χ1v) is 7.53. The topological polar surface area (TPSA) is 99.3 Å². The van der Waals surface area contributed by atoms with Crippen LogP contribution in [0.2, 0.25) is 0 Å². The van der Waals surface area contributed by atoms with Gasteiger partial charge in [0.2, 0.25) is 0 Å². The van der Waals surface area contributed by atoms with Gasteiger partial charge in [0.1, 0.15) is 10.6 Å². The van der Waals surface area contributed by atoms with Gasteiger partial charge in [-0.25, -0.2) is 4.79 Å². The minimum absolute atomic E-state index is 0.0500. The molecule has 0 aliphatic rings. The maximum Gasteiger partial charge on any atom is 0.339 e. The van der Waals surface area contributed by atoms with Crippen molar-refractivity contribution < 1.29 is 14.7 Å². The van der Waals surface area contributed by atoms with Crippen molar-refractivity contribution in [2.45, 2.75) is 27.2 Å². The smallest absolute Gasteiger partial charge is 0.339 e. The Balaban J connectivity index is 2.40. The zero-order valence-electron chi connectivity index (χ0n) is 12.4. The van der Waals surface area contributed by atoms with Crippen LogP contribution in [0.15, 0.2) is 16.9 Å². The Labute approximate surface area is 130 Å². The van der Waals surface area contributed by atoms with Crippen molar-refractivity contribution in [3.63, 3.8) is 0 Å². The molecule has 0 aliphatic carbocycles. The maximum absolute atomic E-state index is 12.2. The van der Waals surface area contributed by atoms with Gasteiger partial charge in [-0.15, -0.1) is 11.3 Å². The van der Waals surface area contributed by atoms with Crippen LogP contribution in [0.3, 0.4) is 0 Å². The Bertz CT molecular complexity index is 804. The van der Waals surface area contributed by atoms with E-state index < -0.39 is 17.4 Å². The Hall–Kier alpha value is -2.41. The van der Waals surface area contributed by atoms with Gasteiger partial charge in [-0.2, -0.15) is 0 Å². The molecule has 2 rings (SSSR count). The number of anilines is 1. The van der Waals surface area contributed by atoms with E-state index in [1.807, 2.05) is 13.8 Å². The van der Waals surface area contributed by atoms with Crippen LogP contribution in [0.4, 0.5) is 5.00 Å². The number of amides is 1. The van der Waals surface area contributed by atoms with E-state index in [1.54, 1.807) is 13.0 Å². The molecular formula is C15H16N2O4S. The molecule has 0 radical (unpaired) electrons. The number of aromatic amines is 1. The number of pyridine rings is 1. The highest BCUT2D eigenvalue weighted by atomic mass is 32.1. The molecule has 0 aromatic carbocycles. The molecule has 0 bridgehead atoms. The van der Waals surface area contributed by atoms with E-state index in [2.05, 4.69) is 10.3 Å². The summed E-state index contributed by atoms with van der Waals surface area (Å²) in [5.41, 5.74) is 0.893. The van der Waals surface area contributed by atoms with E-state index in [4.69, 9.17) is 0 Å². The van der Waals surface area contributed by atoms with Gasteiger partial charge in [-0.1, -0.05) is 6.92 Å². The quantitative estimate of drug-likeness (QED) is 0.806. The summed E-state index contributed by atoms with van der Waals surface area (Å²) in [7, 11) is 0. The van der Waals surface area contributed by atoms with Crippen molar-refractivity contribution in [3.8, 4) is 0 Å². The van der Waals surface area contributed by atoms with Crippen molar-refractivity contribution in [2.75, 3.05) is 5.32 Å². The maximum atomic E-state index is 12.2. The molecule has 0 unspecified atom stereocenters. The van der Waals surface area contributed by atoms with Crippen molar-refractivity contribution in [1.82, 2.24) is 4.98 Å². The molecule has 2 heterocycles. The number of nitrogens with one attached hydrogen (secondary N) is 2. The summed E-state index contributed by atoms with van der Waals surface area (Å²) in [4.78, 5) is 38.8. The Morgan fingerprint density at radius 3 is 2.55 bits per heavy atom. The molecule has 0 atom stereocenters. The molecule has 0 saturated carbocycles. The molecule has 116 valence electrons. The number of aromatic carboxylic acids is 1. The highest BCUT2D eigenvalue weighted by Crippen LogP contribution is 2.33. The summed E-state index contributed by atoms with van der Waals surface area (Å²) in [6.07, 6.45) is 0.560. The number of thiophene rings is 1. The molecule has 0 fully saturated rings. The minimum Gasteiger partial charge on any atom is -0.478 e. The van der Waals surface area contributed by atoms with Gasteiger partial charge in [0.05, 0.1) is 5.56 Å². The number of carboxylic acid groups (broad SMARTS) is 1. The van der Waals surface area contributed by atoms with Gasteiger partial charge in [0.25, 0.3) is 11.5 Å². The number of aromatic nitrogens is 1. The predicted molar refractivity (Wildman–Crippen MR) is 85.1 cm³/mol. The summed E-state index contributed by atoms with van der Waals surface area (Å²) in [6, 6.07) is 3.04. The number of hydrogen-bond acceptors (Lipinski definition) is 4. The average Bonchev–Trinajstić information content (AvgIpc) is 2.74. The lowest BCUT2D eigenvalue weighted by Gasteiger charge is -2.05. The zero-order chi connectivity index (χ0) is 16.4. The van der Waals surface area contributed by atoms with Crippen LogP contribution in [0, 0.1) is 13.8 Å². The zero-order valence-corrected chi connectivity index (χ0v) is 13.3. The number of rotatable bonds is 4. The van der Waals surface area contributed by atoms with Gasteiger partial charge in [0.15, 0.2) is 0 Å². The van der Waals surface area contributed by atoms with Gasteiger partial charge in [0, 0.05) is 10.6 Å². The number of hydrogen-bond donors (Lipinski definition) is 3. The first-order chi connectivity index (χ1) is 10.3. The van der Waals surface area contributed by atoms with E-state index in [-0.39, 0.29) is 16.1 Å². The second-order valence-electron chi connectivity index (χ2n) is 4.84. The third-order valence-corrected chi connectivity index (χ3v) is 4.37. The second kappa shape index (κ2) is 6.15. The Kier molecular flexibility index (Phi) is 4.46. The van der Waals surface area contributed by atoms with Crippen molar-refractivity contribution in [2.24, 2.45) is 0 Å². The lowest BCUT2D eigenvalue weighted by Crippen LogP contribution is -2.23. The van der Waals surface area contributed by atoms with E-state index in [0.29, 0.717) is 17.7 Å². The van der Waals surface area contributed by atoms with Gasteiger partial charge in [-0.05, 0) is 38.0 Å². The molecule has 2 aromatic heterocycles. The second-order valence-corrected chi connectivity index (χ2v) is 6.06. The molecular weight excluding hydrogens is 304 g/mol. The summed E-state index contributed by atoms with van der Waals surface area (Å²) < 4.78 is 0. The third kappa shape index (κ3) is 2.94. The van der Waals surface area contributed by atoms with Crippen LogP contribution in [0.1, 0.15) is 43.8 Å². The lowest BCUT2D eigenvalue weighted by atomic mass is 10.1. The summed E-state index contributed by atoms with van der Waals surface area (Å²) >= 11 is 1.20. The van der Waals surface area contributed by atoms with Crippen molar-refractivity contribution in [1.29, 1.82) is 0 Å². The third-order valence-electron chi connectivity index (χ3n) is 3.30. The van der Waals surface area contributed by atoms with Crippen LogP contribution in [0.25, 0.3) is 0 Å². The highest BCUT2D eigenvalue weighted by Gasteiger charge is 2.22. The molecule has 3 N–H and O–H groups in total. The largest absolute Gasteiger partial charge is 0.478 e. The molecule has 0 aliphatic heterocycles. The van der Waals surface area contributed by atoms with Crippen LogP contribution in [-0.2, 0) is 6.42 Å². The minimum atomic E-state index is -1.09. The van der Waals surface area contributed by atoms with Crippen molar-refractivity contribution in [3.05, 3.63) is 49.7 Å². The molecule has 2 aromatic rings. The highest BCUT2D eigenvalue weighted by molar-refractivity contribution is 7.16. The lowest BCUT2D eigenvalue weighted by molar-refractivity contribution is 0.0697. The first kappa shape index (κ1) is 16.0. The number of aryl methyl sites for hydroxylation is 2. The SMILES string of the molecule is CCc1c(C)sc(NC(=O)c2ccc(C)[nH]c2=O)c1C(=O)O. The standard InChI is InChI=1S/C15H16N2O4S/c1-4-9-8(3)22-14(11(9)15(20)21)17-13(19)10-6-5-7(2)16-12(10)18/h5-6H,4H2,1-3H3,(H,16,18)(H,17,19)(H,20,21). The first-order valence-electron chi connectivity index (χ1n) is 6.72. The fourth-order valence-electron chi connectivity index (χ4n) is 2.24. The van der Waals surface area contributed by atoms with E-state index in [0.717, 1.165) is 4.88 Å². The van der Waals surface area contributed by atoms with Crippen LogP contribution < -0.4 is 10.9 Å². The molecule has 0 spiro atoms. The molecule has 7 heteroatoms. The normalized spacial score (nSPS) is 10.5. The predicted octanol–water partition coefficient (Wildman–Crippen LogP) is 2.57. The van der Waals surface area contributed by atoms with Crippen LogP contribution in [-0.4, -0.2) is 22.0 Å². The van der Waals surface area contributed by atoms with E-state index in [9.17, 15) is 19.5 Å². The number of H-pyrrole nitrogens is 1. The average molecular weight is 320 g/mol. The number of carboxylic acids is 1. The summed E-state index contributed by atoms with van der Waals surface area (Å²) in [5, 5.41) is 12.2. The van der Waals surface area contributed by atoms with Gasteiger partial charge >= 0.3 is 5.97 Å². The van der Waals surface area contributed by atoms with Gasteiger partial charge in [-0.3, -0.25) is 9.59 Å². The molecule has 0 saturated heterocycles. The molecule has 1 amide bonds. The number of carbonyl (C=O) groups excluding carboxylic acids is 1. The number of carbonyl (C=O) groups is 2. The fourth-order valence-corrected chi connectivity index (χ4v) is 3.37. The Morgan fingerprint density at radius 2 is 2.00 bits per heavy atom. The van der Waals surface area contributed by atoms with Crippen molar-refractivity contribution >= 4 is 28.2 Å².